The Morgan fingerprint density at radius 1 is 1.12 bits per heavy atom. The van der Waals surface area contributed by atoms with Crippen LogP contribution < -0.4 is 5.32 Å². The van der Waals surface area contributed by atoms with Gasteiger partial charge in [-0.3, -0.25) is 0 Å². The van der Waals surface area contributed by atoms with E-state index >= 15 is 0 Å². The molecule has 0 heterocycles. The van der Waals surface area contributed by atoms with Crippen LogP contribution in [0.4, 0.5) is 13.2 Å². The van der Waals surface area contributed by atoms with Gasteiger partial charge in [0.2, 0.25) is 0 Å². The topological polar surface area (TPSA) is 12.0 Å². The molecule has 1 N–H and O–H groups in total. The van der Waals surface area contributed by atoms with E-state index in [1.807, 2.05) is 0 Å². The van der Waals surface area contributed by atoms with Crippen molar-refractivity contribution in [2.24, 2.45) is 11.3 Å². The van der Waals surface area contributed by atoms with Crippen molar-refractivity contribution >= 4 is 0 Å². The van der Waals surface area contributed by atoms with Gasteiger partial charge < -0.3 is 5.32 Å². The van der Waals surface area contributed by atoms with Gasteiger partial charge in [-0.15, -0.1) is 0 Å². The first kappa shape index (κ1) is 13.2. The Balaban J connectivity index is 1.69. The summed E-state index contributed by atoms with van der Waals surface area (Å²) in [5.74, 6) is -1.05. The summed E-state index contributed by atoms with van der Waals surface area (Å²) in [5.41, 5.74) is 0.487. The fourth-order valence-corrected chi connectivity index (χ4v) is 2.82. The number of hydrogen-bond acceptors (Lipinski definition) is 1. The monoisotopic (exact) mass is 249 g/mol. The molecule has 2 aliphatic carbocycles. The first-order valence-electron chi connectivity index (χ1n) is 6.75. The van der Waals surface area contributed by atoms with E-state index in [0.29, 0.717) is 37.1 Å². The van der Waals surface area contributed by atoms with Crippen LogP contribution in [0.5, 0.6) is 0 Å². The molecule has 4 heteroatoms. The second-order valence-corrected chi connectivity index (χ2v) is 5.82. The lowest BCUT2D eigenvalue weighted by molar-refractivity contribution is -0.182. The lowest BCUT2D eigenvalue weighted by Crippen LogP contribution is -2.39. The van der Waals surface area contributed by atoms with E-state index in [-0.39, 0.29) is 0 Å². The van der Waals surface area contributed by atoms with E-state index in [4.69, 9.17) is 0 Å². The van der Waals surface area contributed by atoms with E-state index in [2.05, 4.69) is 12.2 Å². The molecule has 0 aromatic rings. The summed E-state index contributed by atoms with van der Waals surface area (Å²) in [6.45, 7) is 3.21. The van der Waals surface area contributed by atoms with Crippen LogP contribution in [-0.4, -0.2) is 18.8 Å². The summed E-state index contributed by atoms with van der Waals surface area (Å²) >= 11 is 0. The summed E-state index contributed by atoms with van der Waals surface area (Å²) in [5, 5.41) is 3.48. The van der Waals surface area contributed by atoms with Gasteiger partial charge >= 0.3 is 6.18 Å². The second kappa shape index (κ2) is 4.79. The first-order chi connectivity index (χ1) is 7.95. The largest absolute Gasteiger partial charge is 0.391 e. The summed E-state index contributed by atoms with van der Waals surface area (Å²) in [7, 11) is 0. The lowest BCUT2D eigenvalue weighted by Gasteiger charge is -2.31. The average molecular weight is 249 g/mol. The van der Waals surface area contributed by atoms with E-state index in [9.17, 15) is 13.2 Å². The Labute approximate surface area is 101 Å². The van der Waals surface area contributed by atoms with E-state index < -0.39 is 12.1 Å². The Morgan fingerprint density at radius 3 is 2.12 bits per heavy atom. The Kier molecular flexibility index (Phi) is 3.71. The Morgan fingerprint density at radius 2 is 1.71 bits per heavy atom. The molecule has 0 aromatic heterocycles. The Bertz CT molecular complexity index is 250. The predicted octanol–water partition coefficient (Wildman–Crippen LogP) is 3.89. The molecule has 0 bridgehead atoms. The SMILES string of the molecule is CCC1(CNC2CCC(C(F)(F)F)CC2)CC1. The highest BCUT2D eigenvalue weighted by Gasteiger charge is 2.43. The van der Waals surface area contributed by atoms with Crippen molar-refractivity contribution in [3.8, 4) is 0 Å². The van der Waals surface area contributed by atoms with Gasteiger partial charge in [-0.05, 0) is 50.4 Å². The standard InChI is InChI=1S/C13H22F3N/c1-2-12(7-8-12)9-17-11-5-3-10(4-6-11)13(14,15)16/h10-11,17H,2-9H2,1H3. The van der Waals surface area contributed by atoms with Gasteiger partial charge in [-0.2, -0.15) is 13.2 Å². The third-order valence-electron chi connectivity index (χ3n) is 4.66. The lowest BCUT2D eigenvalue weighted by atomic mass is 9.85. The molecule has 0 radical (unpaired) electrons. The third-order valence-corrected chi connectivity index (χ3v) is 4.66. The predicted molar refractivity (Wildman–Crippen MR) is 61.8 cm³/mol. The molecule has 0 saturated heterocycles. The molecule has 0 unspecified atom stereocenters. The zero-order valence-corrected chi connectivity index (χ0v) is 10.4. The van der Waals surface area contributed by atoms with E-state index in [1.165, 1.54) is 19.3 Å². The van der Waals surface area contributed by atoms with Crippen molar-refractivity contribution in [1.82, 2.24) is 5.32 Å². The van der Waals surface area contributed by atoms with E-state index in [1.54, 1.807) is 0 Å². The van der Waals surface area contributed by atoms with Gasteiger partial charge in [-0.1, -0.05) is 6.92 Å². The summed E-state index contributed by atoms with van der Waals surface area (Å²) in [6.07, 6.45) is 1.77. The van der Waals surface area contributed by atoms with Crippen LogP contribution in [0.3, 0.4) is 0 Å². The molecule has 0 atom stereocenters. The van der Waals surface area contributed by atoms with Crippen molar-refractivity contribution < 1.29 is 13.2 Å². The number of halogens is 3. The quantitative estimate of drug-likeness (QED) is 0.797. The fourth-order valence-electron chi connectivity index (χ4n) is 2.82. The molecule has 0 aromatic carbocycles. The van der Waals surface area contributed by atoms with Crippen LogP contribution in [0.1, 0.15) is 51.9 Å². The number of nitrogens with one attached hydrogen (secondary N) is 1. The molecule has 1 nitrogen and oxygen atoms in total. The van der Waals surface area contributed by atoms with Crippen molar-refractivity contribution in [1.29, 1.82) is 0 Å². The second-order valence-electron chi connectivity index (χ2n) is 5.82. The highest BCUT2D eigenvalue weighted by Crippen LogP contribution is 2.48. The maximum atomic E-state index is 12.5. The van der Waals surface area contributed by atoms with Crippen LogP contribution in [0, 0.1) is 11.3 Å². The van der Waals surface area contributed by atoms with Crippen LogP contribution in [0.25, 0.3) is 0 Å². The molecule has 0 aliphatic heterocycles. The van der Waals surface area contributed by atoms with Gasteiger partial charge in [0.15, 0.2) is 0 Å². The number of rotatable bonds is 4. The smallest absolute Gasteiger partial charge is 0.313 e. The zero-order chi connectivity index (χ0) is 12.5. The number of alkyl halides is 3. The molecular weight excluding hydrogens is 227 g/mol. The van der Waals surface area contributed by atoms with Crippen LogP contribution in [0.15, 0.2) is 0 Å². The maximum absolute atomic E-state index is 12.5. The molecule has 2 fully saturated rings. The van der Waals surface area contributed by atoms with Gasteiger partial charge in [0.25, 0.3) is 0 Å². The van der Waals surface area contributed by atoms with Gasteiger partial charge in [0.05, 0.1) is 5.92 Å². The average Bonchev–Trinajstić information content (AvgIpc) is 3.06. The van der Waals surface area contributed by atoms with Crippen molar-refractivity contribution in [3.63, 3.8) is 0 Å². The summed E-state index contributed by atoms with van der Waals surface area (Å²) < 4.78 is 37.5. The Hall–Kier alpha value is -0.250. The van der Waals surface area contributed by atoms with Crippen molar-refractivity contribution in [2.75, 3.05) is 6.54 Å². The summed E-state index contributed by atoms with van der Waals surface area (Å²) in [4.78, 5) is 0. The van der Waals surface area contributed by atoms with Crippen LogP contribution in [-0.2, 0) is 0 Å². The van der Waals surface area contributed by atoms with Crippen molar-refractivity contribution in [2.45, 2.75) is 64.1 Å². The minimum Gasteiger partial charge on any atom is -0.313 e. The van der Waals surface area contributed by atoms with Gasteiger partial charge in [-0.25, -0.2) is 0 Å². The zero-order valence-electron chi connectivity index (χ0n) is 10.4. The van der Waals surface area contributed by atoms with Crippen LogP contribution >= 0.6 is 0 Å². The molecular formula is C13H22F3N. The third kappa shape index (κ3) is 3.36. The van der Waals surface area contributed by atoms with E-state index in [0.717, 1.165) is 6.54 Å². The molecule has 2 aliphatic rings. The molecule has 0 amide bonds. The molecule has 2 rings (SSSR count). The molecule has 100 valence electrons. The minimum atomic E-state index is -3.98. The molecule has 0 spiro atoms. The van der Waals surface area contributed by atoms with Crippen molar-refractivity contribution in [3.05, 3.63) is 0 Å². The molecule has 17 heavy (non-hydrogen) atoms. The van der Waals surface area contributed by atoms with Crippen LogP contribution in [0.2, 0.25) is 0 Å². The molecule has 2 saturated carbocycles. The number of hydrogen-bond donors (Lipinski definition) is 1. The first-order valence-corrected chi connectivity index (χ1v) is 6.75. The maximum Gasteiger partial charge on any atom is 0.391 e. The highest BCUT2D eigenvalue weighted by molar-refractivity contribution is 4.94. The minimum absolute atomic E-state index is 0.306. The fraction of sp³-hybridized carbons (Fsp3) is 1.00. The summed E-state index contributed by atoms with van der Waals surface area (Å²) in [6, 6.07) is 0.317. The van der Waals surface area contributed by atoms with Gasteiger partial charge in [0.1, 0.15) is 0 Å². The highest BCUT2D eigenvalue weighted by atomic mass is 19.4. The van der Waals surface area contributed by atoms with Gasteiger partial charge in [0, 0.05) is 12.6 Å². The normalized spacial score (nSPS) is 32.5.